The quantitative estimate of drug-likeness (QED) is 0.812. The fourth-order valence-corrected chi connectivity index (χ4v) is 3.40. The lowest BCUT2D eigenvalue weighted by Crippen LogP contribution is -2.37. The first-order valence-electron chi connectivity index (χ1n) is 8.19. The third kappa shape index (κ3) is 3.17. The van der Waals surface area contributed by atoms with E-state index in [9.17, 15) is 9.90 Å². The zero-order valence-electron chi connectivity index (χ0n) is 13.1. The third-order valence-corrected chi connectivity index (χ3v) is 4.75. The number of aryl methyl sites for hydroxylation is 1. The predicted molar refractivity (Wildman–Crippen MR) is 88.0 cm³/mol. The molecule has 4 nitrogen and oxygen atoms in total. The second kappa shape index (κ2) is 6.53. The van der Waals surface area contributed by atoms with Crippen LogP contribution in [0.4, 0.5) is 0 Å². The molecule has 1 saturated carbocycles. The van der Waals surface area contributed by atoms with E-state index < -0.39 is 6.10 Å². The number of hydrogen-bond acceptors (Lipinski definition) is 2. The number of rotatable bonds is 4. The maximum atomic E-state index is 12.4. The van der Waals surface area contributed by atoms with Gasteiger partial charge < -0.3 is 15.4 Å². The smallest absolute Gasteiger partial charge is 0.253 e. The van der Waals surface area contributed by atoms with Crippen LogP contribution in [-0.2, 0) is 0 Å². The first-order valence-corrected chi connectivity index (χ1v) is 8.19. The number of aliphatic hydroxyl groups excluding tert-OH is 1. The molecule has 1 aromatic heterocycles. The van der Waals surface area contributed by atoms with Gasteiger partial charge in [-0.05, 0) is 37.8 Å². The highest BCUT2D eigenvalue weighted by molar-refractivity contribution is 6.06. The molecule has 1 fully saturated rings. The van der Waals surface area contributed by atoms with Crippen LogP contribution in [-0.4, -0.2) is 28.6 Å². The number of carbonyl (C=O) groups is 1. The molecule has 0 saturated heterocycles. The molecule has 0 radical (unpaired) electrons. The lowest BCUT2D eigenvalue weighted by atomic mass is 9.85. The molecular weight excluding hydrogens is 276 g/mol. The molecule has 1 aliphatic rings. The number of fused-ring (bicyclic) bond motifs is 1. The van der Waals surface area contributed by atoms with Crippen molar-refractivity contribution in [1.82, 2.24) is 10.3 Å². The molecule has 1 atom stereocenters. The molecule has 3 rings (SSSR count). The van der Waals surface area contributed by atoms with Gasteiger partial charge in [0.1, 0.15) is 0 Å². The summed E-state index contributed by atoms with van der Waals surface area (Å²) in [7, 11) is 0. The molecule has 1 aromatic carbocycles. The van der Waals surface area contributed by atoms with E-state index in [2.05, 4.69) is 10.3 Å². The van der Waals surface area contributed by atoms with Crippen LogP contribution in [0.15, 0.2) is 24.4 Å². The highest BCUT2D eigenvalue weighted by atomic mass is 16.3. The summed E-state index contributed by atoms with van der Waals surface area (Å²) in [5.74, 6) is 0.214. The van der Waals surface area contributed by atoms with E-state index >= 15 is 0 Å². The molecule has 0 spiro atoms. The van der Waals surface area contributed by atoms with Crippen molar-refractivity contribution in [3.05, 3.63) is 35.5 Å². The molecule has 1 aliphatic carbocycles. The zero-order chi connectivity index (χ0) is 15.5. The van der Waals surface area contributed by atoms with Crippen LogP contribution >= 0.6 is 0 Å². The Kier molecular flexibility index (Phi) is 4.48. The van der Waals surface area contributed by atoms with Crippen molar-refractivity contribution in [2.24, 2.45) is 5.92 Å². The van der Waals surface area contributed by atoms with Crippen LogP contribution in [0.2, 0.25) is 0 Å². The average molecular weight is 300 g/mol. The van der Waals surface area contributed by atoms with Crippen molar-refractivity contribution >= 4 is 16.8 Å². The largest absolute Gasteiger partial charge is 0.391 e. The Bertz CT molecular complexity index is 656. The van der Waals surface area contributed by atoms with E-state index in [0.717, 1.165) is 29.3 Å². The van der Waals surface area contributed by atoms with Crippen molar-refractivity contribution < 1.29 is 9.90 Å². The number of aromatic nitrogens is 1. The fourth-order valence-electron chi connectivity index (χ4n) is 3.40. The number of H-pyrrole nitrogens is 1. The summed E-state index contributed by atoms with van der Waals surface area (Å²) < 4.78 is 0. The molecule has 1 amide bonds. The maximum absolute atomic E-state index is 12.4. The zero-order valence-corrected chi connectivity index (χ0v) is 13.1. The summed E-state index contributed by atoms with van der Waals surface area (Å²) in [5.41, 5.74) is 2.74. The highest BCUT2D eigenvalue weighted by Crippen LogP contribution is 2.26. The number of hydrogen-bond donors (Lipinski definition) is 3. The first-order chi connectivity index (χ1) is 10.6. The number of carbonyl (C=O) groups excluding carboxylic acids is 1. The normalized spacial score (nSPS) is 17.5. The summed E-state index contributed by atoms with van der Waals surface area (Å²) in [6.07, 6.45) is 7.11. The van der Waals surface area contributed by atoms with Gasteiger partial charge in [-0.15, -0.1) is 0 Å². The van der Waals surface area contributed by atoms with Gasteiger partial charge in [-0.3, -0.25) is 4.79 Å². The minimum absolute atomic E-state index is 0.119. The number of nitrogens with one attached hydrogen (secondary N) is 2. The molecule has 0 aliphatic heterocycles. The second-order valence-corrected chi connectivity index (χ2v) is 6.43. The van der Waals surface area contributed by atoms with E-state index in [-0.39, 0.29) is 5.91 Å². The Morgan fingerprint density at radius 3 is 2.91 bits per heavy atom. The fraction of sp³-hybridized carbons (Fsp3) is 0.500. The molecule has 118 valence electrons. The summed E-state index contributed by atoms with van der Waals surface area (Å²) in [4.78, 5) is 15.5. The van der Waals surface area contributed by atoms with E-state index in [4.69, 9.17) is 0 Å². The Morgan fingerprint density at radius 2 is 2.14 bits per heavy atom. The molecular formula is C18H24N2O2. The summed E-state index contributed by atoms with van der Waals surface area (Å²) in [5, 5.41) is 14.1. The molecule has 2 aromatic rings. The number of aliphatic hydroxyl groups is 1. The third-order valence-electron chi connectivity index (χ3n) is 4.75. The van der Waals surface area contributed by atoms with E-state index in [1.807, 2.05) is 25.1 Å². The number of aromatic amines is 1. The minimum Gasteiger partial charge on any atom is -0.391 e. The Labute approximate surface area is 130 Å². The van der Waals surface area contributed by atoms with Gasteiger partial charge in [-0.25, -0.2) is 0 Å². The van der Waals surface area contributed by atoms with Crippen LogP contribution in [0.5, 0.6) is 0 Å². The lowest BCUT2D eigenvalue weighted by Gasteiger charge is -2.26. The lowest BCUT2D eigenvalue weighted by molar-refractivity contribution is 0.0739. The van der Waals surface area contributed by atoms with Crippen LogP contribution in [0.3, 0.4) is 0 Å². The van der Waals surface area contributed by atoms with Gasteiger partial charge in [0.15, 0.2) is 0 Å². The van der Waals surface area contributed by atoms with Crippen LogP contribution in [0, 0.1) is 12.8 Å². The van der Waals surface area contributed by atoms with Crippen molar-refractivity contribution in [3.8, 4) is 0 Å². The van der Waals surface area contributed by atoms with Gasteiger partial charge in [0.2, 0.25) is 0 Å². The van der Waals surface area contributed by atoms with Crippen molar-refractivity contribution in [1.29, 1.82) is 0 Å². The van der Waals surface area contributed by atoms with Crippen LogP contribution in [0.25, 0.3) is 10.9 Å². The van der Waals surface area contributed by atoms with Gasteiger partial charge in [0.25, 0.3) is 5.91 Å². The van der Waals surface area contributed by atoms with Crippen molar-refractivity contribution in [2.75, 3.05) is 6.54 Å². The SMILES string of the molecule is Cc1ccc2[nH]cc(C(=O)NC[C@H](O)C3CCCCC3)c2c1. The highest BCUT2D eigenvalue weighted by Gasteiger charge is 2.22. The summed E-state index contributed by atoms with van der Waals surface area (Å²) >= 11 is 0. The molecule has 3 N–H and O–H groups in total. The topological polar surface area (TPSA) is 65.1 Å². The van der Waals surface area contributed by atoms with Gasteiger partial charge in [0, 0.05) is 23.6 Å². The van der Waals surface area contributed by atoms with Crippen LogP contribution in [0.1, 0.15) is 48.0 Å². The second-order valence-electron chi connectivity index (χ2n) is 6.43. The summed E-state index contributed by atoms with van der Waals surface area (Å²) in [6, 6.07) is 6.02. The Hall–Kier alpha value is -1.81. The number of amides is 1. The molecule has 0 bridgehead atoms. The first kappa shape index (κ1) is 15.1. The minimum atomic E-state index is -0.434. The monoisotopic (exact) mass is 300 g/mol. The standard InChI is InChI=1S/C18H24N2O2/c1-12-7-8-16-14(9-12)15(10-19-16)18(22)20-11-17(21)13-5-3-2-4-6-13/h7-10,13,17,19,21H,2-6,11H2,1H3,(H,20,22)/t17-/m0/s1. The predicted octanol–water partition coefficient (Wildman–Crippen LogP) is 3.15. The average Bonchev–Trinajstić information content (AvgIpc) is 2.96. The maximum Gasteiger partial charge on any atom is 0.253 e. The van der Waals surface area contributed by atoms with E-state index in [1.54, 1.807) is 6.20 Å². The van der Waals surface area contributed by atoms with Gasteiger partial charge in [-0.1, -0.05) is 30.9 Å². The van der Waals surface area contributed by atoms with Crippen molar-refractivity contribution in [3.63, 3.8) is 0 Å². The van der Waals surface area contributed by atoms with Crippen molar-refractivity contribution in [2.45, 2.75) is 45.1 Å². The molecule has 1 heterocycles. The Balaban J connectivity index is 1.64. The molecule has 22 heavy (non-hydrogen) atoms. The van der Waals surface area contributed by atoms with E-state index in [1.165, 1.54) is 19.3 Å². The number of benzene rings is 1. The summed E-state index contributed by atoms with van der Waals surface area (Å²) in [6.45, 7) is 2.35. The Morgan fingerprint density at radius 1 is 1.36 bits per heavy atom. The van der Waals surface area contributed by atoms with Gasteiger partial charge >= 0.3 is 0 Å². The van der Waals surface area contributed by atoms with E-state index in [0.29, 0.717) is 18.0 Å². The van der Waals surface area contributed by atoms with Gasteiger partial charge in [-0.2, -0.15) is 0 Å². The van der Waals surface area contributed by atoms with Crippen LogP contribution < -0.4 is 5.32 Å². The molecule has 0 unspecified atom stereocenters. The molecule has 4 heteroatoms. The van der Waals surface area contributed by atoms with Gasteiger partial charge in [0.05, 0.1) is 11.7 Å².